The minimum absolute atomic E-state index is 0.0232. The van der Waals surface area contributed by atoms with Crippen molar-refractivity contribution in [3.63, 3.8) is 0 Å². The Kier molecular flexibility index (Phi) is 9.29. The van der Waals surface area contributed by atoms with Gasteiger partial charge in [-0.2, -0.15) is 0 Å². The molecule has 3 aromatic carbocycles. The average molecular weight is 477 g/mol. The molecule has 3 aromatic rings. The summed E-state index contributed by atoms with van der Waals surface area (Å²) in [7, 11) is 0. The van der Waals surface area contributed by atoms with Crippen molar-refractivity contribution in [3.8, 4) is 0 Å². The predicted molar refractivity (Wildman–Crippen MR) is 139 cm³/mol. The number of carbonyl (C=O) groups excluding carboxylic acids is 2. The van der Waals surface area contributed by atoms with Crippen LogP contribution in [-0.2, 0) is 29.0 Å². The molecular weight excluding hydrogens is 444 g/mol. The van der Waals surface area contributed by atoms with Crippen molar-refractivity contribution in [2.45, 2.75) is 58.7 Å². The molecule has 178 valence electrons. The fraction of sp³-hybridized carbons (Fsp3) is 0.310. The third-order valence-electron chi connectivity index (χ3n) is 5.99. The monoisotopic (exact) mass is 476 g/mol. The van der Waals surface area contributed by atoms with Crippen molar-refractivity contribution in [3.05, 3.63) is 106 Å². The zero-order chi connectivity index (χ0) is 24.5. The first-order valence-corrected chi connectivity index (χ1v) is 12.2. The SMILES string of the molecule is CC[C@H](C)NC(=O)[C@H](Cc1ccccc1)N(Cc1ccc(C)cc1)C(=O)Cc1cccc(Cl)c1. The van der Waals surface area contributed by atoms with Crippen molar-refractivity contribution in [2.24, 2.45) is 0 Å². The number of hydrogen-bond acceptors (Lipinski definition) is 2. The van der Waals surface area contributed by atoms with Crippen molar-refractivity contribution in [2.75, 3.05) is 0 Å². The van der Waals surface area contributed by atoms with Crippen LogP contribution in [0.5, 0.6) is 0 Å². The van der Waals surface area contributed by atoms with Gasteiger partial charge in [-0.15, -0.1) is 0 Å². The van der Waals surface area contributed by atoms with Crippen LogP contribution in [0.2, 0.25) is 5.02 Å². The Balaban J connectivity index is 1.96. The Hall–Kier alpha value is -3.11. The molecule has 3 rings (SSSR count). The van der Waals surface area contributed by atoms with Gasteiger partial charge < -0.3 is 10.2 Å². The summed E-state index contributed by atoms with van der Waals surface area (Å²) in [5.41, 5.74) is 3.97. The van der Waals surface area contributed by atoms with E-state index in [2.05, 4.69) is 5.32 Å². The Labute approximate surface area is 207 Å². The zero-order valence-electron chi connectivity index (χ0n) is 20.1. The van der Waals surface area contributed by atoms with E-state index in [9.17, 15) is 9.59 Å². The van der Waals surface area contributed by atoms with Gasteiger partial charge >= 0.3 is 0 Å². The van der Waals surface area contributed by atoms with E-state index in [0.29, 0.717) is 18.0 Å². The van der Waals surface area contributed by atoms with E-state index in [-0.39, 0.29) is 24.3 Å². The van der Waals surface area contributed by atoms with Crippen LogP contribution >= 0.6 is 11.6 Å². The second-order valence-electron chi connectivity index (χ2n) is 8.84. The van der Waals surface area contributed by atoms with Gasteiger partial charge in [0.15, 0.2) is 0 Å². The van der Waals surface area contributed by atoms with Crippen LogP contribution in [0.1, 0.15) is 42.5 Å². The number of nitrogens with one attached hydrogen (secondary N) is 1. The lowest BCUT2D eigenvalue weighted by Crippen LogP contribution is -2.52. The highest BCUT2D eigenvalue weighted by Gasteiger charge is 2.31. The van der Waals surface area contributed by atoms with E-state index in [4.69, 9.17) is 11.6 Å². The Morgan fingerprint density at radius 2 is 1.59 bits per heavy atom. The van der Waals surface area contributed by atoms with Crippen molar-refractivity contribution < 1.29 is 9.59 Å². The number of halogens is 1. The molecule has 0 radical (unpaired) electrons. The minimum atomic E-state index is -0.635. The fourth-order valence-electron chi connectivity index (χ4n) is 3.81. The summed E-state index contributed by atoms with van der Waals surface area (Å²) in [6.45, 7) is 6.40. The maximum absolute atomic E-state index is 13.7. The number of hydrogen-bond donors (Lipinski definition) is 1. The van der Waals surface area contributed by atoms with Crippen molar-refractivity contribution in [1.82, 2.24) is 10.2 Å². The molecule has 0 aliphatic heterocycles. The van der Waals surface area contributed by atoms with Crippen molar-refractivity contribution >= 4 is 23.4 Å². The van der Waals surface area contributed by atoms with Crippen molar-refractivity contribution in [1.29, 1.82) is 0 Å². The van der Waals surface area contributed by atoms with Crippen LogP contribution in [0.25, 0.3) is 0 Å². The second-order valence-corrected chi connectivity index (χ2v) is 9.27. The van der Waals surface area contributed by atoms with Gasteiger partial charge in [0.25, 0.3) is 0 Å². The van der Waals surface area contributed by atoms with Gasteiger partial charge in [-0.3, -0.25) is 9.59 Å². The molecule has 0 unspecified atom stereocenters. The number of benzene rings is 3. The minimum Gasteiger partial charge on any atom is -0.352 e. The third-order valence-corrected chi connectivity index (χ3v) is 6.23. The van der Waals surface area contributed by atoms with Gasteiger partial charge in [0, 0.05) is 24.0 Å². The topological polar surface area (TPSA) is 49.4 Å². The van der Waals surface area contributed by atoms with E-state index >= 15 is 0 Å². The van der Waals surface area contributed by atoms with E-state index in [1.807, 2.05) is 87.5 Å². The highest BCUT2D eigenvalue weighted by atomic mass is 35.5. The molecule has 0 saturated heterocycles. The molecule has 0 saturated carbocycles. The zero-order valence-corrected chi connectivity index (χ0v) is 20.9. The quantitative estimate of drug-likeness (QED) is 0.405. The van der Waals surface area contributed by atoms with Crippen LogP contribution in [-0.4, -0.2) is 28.8 Å². The molecule has 0 aliphatic rings. The first-order valence-electron chi connectivity index (χ1n) is 11.8. The van der Waals surface area contributed by atoms with Crippen LogP contribution in [0.15, 0.2) is 78.9 Å². The standard InChI is InChI=1S/C29H33ClN2O2/c1-4-22(3)31-29(34)27(18-23-9-6-5-7-10-23)32(20-24-15-13-21(2)14-16-24)28(33)19-25-11-8-12-26(30)17-25/h5-17,22,27H,4,18-20H2,1-3H3,(H,31,34)/t22-,27-/m0/s1. The number of carbonyl (C=O) groups is 2. The molecule has 4 nitrogen and oxygen atoms in total. The Morgan fingerprint density at radius 3 is 2.24 bits per heavy atom. The molecule has 1 N–H and O–H groups in total. The average Bonchev–Trinajstić information content (AvgIpc) is 2.83. The summed E-state index contributed by atoms with van der Waals surface area (Å²) in [5.74, 6) is -0.243. The molecule has 2 amide bonds. The summed E-state index contributed by atoms with van der Waals surface area (Å²) >= 11 is 6.16. The highest BCUT2D eigenvalue weighted by Crippen LogP contribution is 2.18. The van der Waals surface area contributed by atoms with E-state index in [1.165, 1.54) is 0 Å². The normalized spacial score (nSPS) is 12.6. The van der Waals surface area contributed by atoms with Gasteiger partial charge in [0.05, 0.1) is 6.42 Å². The number of nitrogens with zero attached hydrogens (tertiary/aromatic N) is 1. The van der Waals surface area contributed by atoms with Crippen LogP contribution in [0, 0.1) is 6.92 Å². The molecule has 0 aliphatic carbocycles. The van der Waals surface area contributed by atoms with Crippen LogP contribution < -0.4 is 5.32 Å². The largest absolute Gasteiger partial charge is 0.352 e. The number of rotatable bonds is 10. The summed E-state index contributed by atoms with van der Waals surface area (Å²) in [5, 5.41) is 3.69. The lowest BCUT2D eigenvalue weighted by atomic mass is 10.0. The number of amides is 2. The molecule has 0 heterocycles. The number of aryl methyl sites for hydroxylation is 1. The predicted octanol–water partition coefficient (Wildman–Crippen LogP) is 5.75. The lowest BCUT2D eigenvalue weighted by Gasteiger charge is -2.32. The molecule has 2 atom stereocenters. The first-order chi connectivity index (χ1) is 16.4. The van der Waals surface area contributed by atoms with Gasteiger partial charge in [0.1, 0.15) is 6.04 Å². The van der Waals surface area contributed by atoms with E-state index < -0.39 is 6.04 Å². The summed E-state index contributed by atoms with van der Waals surface area (Å²) in [6, 6.07) is 24.6. The van der Waals surface area contributed by atoms with Gasteiger partial charge in [-0.05, 0) is 49.1 Å². The maximum Gasteiger partial charge on any atom is 0.243 e. The molecule has 5 heteroatoms. The maximum atomic E-state index is 13.7. The second kappa shape index (κ2) is 12.4. The van der Waals surface area contributed by atoms with E-state index in [0.717, 1.165) is 28.7 Å². The molecular formula is C29H33ClN2O2. The smallest absolute Gasteiger partial charge is 0.243 e. The lowest BCUT2D eigenvalue weighted by molar-refractivity contribution is -0.141. The fourth-order valence-corrected chi connectivity index (χ4v) is 4.02. The Bertz CT molecular complexity index is 1080. The molecule has 0 fully saturated rings. The van der Waals surface area contributed by atoms with Gasteiger partial charge in [0.2, 0.25) is 11.8 Å². The summed E-state index contributed by atoms with van der Waals surface area (Å²) in [4.78, 5) is 28.9. The summed E-state index contributed by atoms with van der Waals surface area (Å²) < 4.78 is 0. The molecule has 0 spiro atoms. The first kappa shape index (κ1) is 25.5. The highest BCUT2D eigenvalue weighted by molar-refractivity contribution is 6.30. The molecule has 34 heavy (non-hydrogen) atoms. The van der Waals surface area contributed by atoms with Crippen LogP contribution in [0.4, 0.5) is 0 Å². The van der Waals surface area contributed by atoms with Gasteiger partial charge in [-0.1, -0.05) is 90.8 Å². The molecule has 0 aromatic heterocycles. The Morgan fingerprint density at radius 1 is 0.912 bits per heavy atom. The van der Waals surface area contributed by atoms with E-state index in [1.54, 1.807) is 17.0 Å². The summed E-state index contributed by atoms with van der Waals surface area (Å²) in [6.07, 6.45) is 1.43. The molecule has 0 bridgehead atoms. The van der Waals surface area contributed by atoms with Crippen LogP contribution in [0.3, 0.4) is 0 Å². The van der Waals surface area contributed by atoms with Gasteiger partial charge in [-0.25, -0.2) is 0 Å². The third kappa shape index (κ3) is 7.46.